The molecule has 22 nitrogen and oxygen atoms in total. The average molecular weight is 1330 g/mol. The van der Waals surface area contributed by atoms with Gasteiger partial charge in [-0.3, -0.25) is 52.7 Å². The monoisotopic (exact) mass is 1330 g/mol. The minimum atomic E-state index is -4.76. The number of carbonyl (C=O) groups is 11. The number of carbonyl (C=O) groups excluding carboxylic acids is 11. The van der Waals surface area contributed by atoms with Crippen molar-refractivity contribution in [3.63, 3.8) is 0 Å². The van der Waals surface area contributed by atoms with Crippen molar-refractivity contribution >= 4 is 88.2 Å². The molecule has 5 fully saturated rings. The average Bonchev–Trinajstić information content (AvgIpc) is 1.53. The molecule has 92 heavy (non-hydrogen) atoms. The lowest BCUT2D eigenvalue weighted by molar-refractivity contribution is -0.151. The van der Waals surface area contributed by atoms with Crippen molar-refractivity contribution in [2.45, 2.75) is 197 Å². The molecule has 0 radical (unpaired) electrons. The summed E-state index contributed by atoms with van der Waals surface area (Å²) in [6, 6.07) is 0.714. The number of aryl methyl sites for hydroxylation is 1. The lowest BCUT2D eigenvalue weighted by Crippen LogP contribution is -2.64. The Labute approximate surface area is 546 Å². The Morgan fingerprint density at radius 1 is 0.641 bits per heavy atom. The molecule has 27 heteroatoms. The van der Waals surface area contributed by atoms with Gasteiger partial charge in [0.2, 0.25) is 65.0 Å². The molecule has 0 bridgehead atoms. The molecule has 0 unspecified atom stereocenters. The van der Waals surface area contributed by atoms with Gasteiger partial charge >= 0.3 is 6.18 Å². The first-order valence-electron chi connectivity index (χ1n) is 32.1. The zero-order valence-corrected chi connectivity index (χ0v) is 55.7. The number of amides is 11. The second-order valence-electron chi connectivity index (χ2n) is 25.9. The van der Waals surface area contributed by atoms with Gasteiger partial charge in [0.05, 0.1) is 23.7 Å². The number of fused-ring (bicyclic) bond motifs is 2. The Morgan fingerprint density at radius 3 is 1.90 bits per heavy atom. The van der Waals surface area contributed by atoms with Gasteiger partial charge in [-0.15, -0.1) is 0 Å². The molecule has 11 amide bonds. The van der Waals surface area contributed by atoms with Crippen LogP contribution in [0.4, 0.5) is 13.2 Å². The molecule has 1 spiro atoms. The molecule has 2 saturated carbocycles. The number of nitrogens with one attached hydrogen (secondary N) is 4. The van der Waals surface area contributed by atoms with E-state index in [4.69, 9.17) is 23.2 Å². The highest BCUT2D eigenvalue weighted by Crippen LogP contribution is 2.38. The van der Waals surface area contributed by atoms with E-state index < -0.39 is 155 Å². The molecule has 506 valence electrons. The fourth-order valence-corrected chi connectivity index (χ4v) is 14.2. The highest BCUT2D eigenvalue weighted by molar-refractivity contribution is 6.31. The molecule has 3 saturated heterocycles. The second kappa shape index (κ2) is 31.3. The lowest BCUT2D eigenvalue weighted by atomic mass is 9.90. The summed E-state index contributed by atoms with van der Waals surface area (Å²) < 4.78 is 41.4. The van der Waals surface area contributed by atoms with E-state index in [1.807, 2.05) is 6.92 Å². The van der Waals surface area contributed by atoms with Gasteiger partial charge in [0.15, 0.2) is 0 Å². The molecule has 9 atom stereocenters. The summed E-state index contributed by atoms with van der Waals surface area (Å²) in [5.41, 5.74) is -1.80. The third-order valence-corrected chi connectivity index (χ3v) is 20.1. The van der Waals surface area contributed by atoms with Crippen LogP contribution in [-0.4, -0.2) is 215 Å². The molecule has 2 aromatic rings. The van der Waals surface area contributed by atoms with E-state index in [0.717, 1.165) is 29.9 Å². The maximum atomic E-state index is 15.2. The molecule has 4 N–H and O–H groups in total. The van der Waals surface area contributed by atoms with E-state index in [-0.39, 0.29) is 75.4 Å². The topological polar surface area (TPSA) is 259 Å². The summed E-state index contributed by atoms with van der Waals surface area (Å²) in [6.45, 7) is 5.72. The predicted molar refractivity (Wildman–Crippen MR) is 337 cm³/mol. The number of benzene rings is 2. The van der Waals surface area contributed by atoms with Gasteiger partial charge in [-0.05, 0) is 119 Å². The first kappa shape index (κ1) is 72.4. The zero-order chi connectivity index (χ0) is 67.7. The van der Waals surface area contributed by atoms with E-state index in [1.165, 1.54) is 77.6 Å². The summed E-state index contributed by atoms with van der Waals surface area (Å²) in [5, 5.41) is 11.2. The van der Waals surface area contributed by atoms with Crippen LogP contribution in [0.2, 0.25) is 10.0 Å². The van der Waals surface area contributed by atoms with Gasteiger partial charge in [-0.25, -0.2) is 0 Å². The summed E-state index contributed by atoms with van der Waals surface area (Å²) in [4.78, 5) is 169. The smallest absolute Gasteiger partial charge is 0.351 e. The van der Waals surface area contributed by atoms with Crippen LogP contribution in [0.3, 0.4) is 0 Å². The Bertz CT molecular complexity index is 3090. The Morgan fingerprint density at radius 2 is 1.27 bits per heavy atom. The molecule has 2 aromatic carbocycles. The van der Waals surface area contributed by atoms with E-state index in [0.29, 0.717) is 56.1 Å². The van der Waals surface area contributed by atoms with Gasteiger partial charge in [0.25, 0.3) is 0 Å². The molecule has 3 aliphatic heterocycles. The minimum Gasteiger partial charge on any atom is -0.351 e. The van der Waals surface area contributed by atoms with Gasteiger partial charge in [0, 0.05) is 72.2 Å². The first-order valence-corrected chi connectivity index (χ1v) is 32.9. The van der Waals surface area contributed by atoms with Crippen molar-refractivity contribution in [2.24, 2.45) is 11.8 Å². The Balaban J connectivity index is 1.24. The van der Waals surface area contributed by atoms with Gasteiger partial charge < -0.3 is 55.6 Å². The van der Waals surface area contributed by atoms with Crippen LogP contribution in [0.25, 0.3) is 0 Å². The molecular weight excluding hydrogens is 1240 g/mol. The second-order valence-corrected chi connectivity index (χ2v) is 26.7. The predicted octanol–water partition coefficient (Wildman–Crippen LogP) is 5.13. The summed E-state index contributed by atoms with van der Waals surface area (Å²) in [5.74, 6) is -7.67. The molecule has 7 rings (SSSR count). The molecular formula is C65H90Cl2F3N11O11. The van der Waals surface area contributed by atoms with Crippen LogP contribution in [-0.2, 0) is 71.8 Å². The SMILES string of the molecule is CC[C@H](C)[C@@H]1NC(=O)[C@H](C)N(C)C(=O)C[C@@H](C)NC(=O)[C@H](C2CCCC2)N(C)C(=O)C2(CCCC2)NC(=O)[C@@H]2CCCN2C(=O)[C@H](CCc2ccc(C(F)(F)F)c(Cl)c2)NC(=O)CN(C)C(=O)[C@H](Cc2ccccc2Cl)N(C)C(=O)[C@@H]2CCCN2C(=O)CN(C)C1=O. The Kier molecular flexibility index (Phi) is 24.6. The van der Waals surface area contributed by atoms with Gasteiger partial charge in [-0.2, -0.15) is 13.2 Å². The van der Waals surface area contributed by atoms with Crippen LogP contribution in [0, 0.1) is 11.8 Å². The summed E-state index contributed by atoms with van der Waals surface area (Å²) in [6.07, 6.45) is 0.471. The fraction of sp³-hybridized carbons (Fsp3) is 0.646. The van der Waals surface area contributed by atoms with Crippen molar-refractivity contribution in [3.05, 3.63) is 69.2 Å². The largest absolute Gasteiger partial charge is 0.417 e. The number of hydrogen-bond acceptors (Lipinski definition) is 11. The maximum absolute atomic E-state index is 15.2. The summed E-state index contributed by atoms with van der Waals surface area (Å²) in [7, 11) is 7.08. The molecule has 3 heterocycles. The van der Waals surface area contributed by atoms with Crippen LogP contribution in [0.15, 0.2) is 42.5 Å². The lowest BCUT2D eigenvalue weighted by Gasteiger charge is -2.40. The Hall–Kier alpha value is -7.02. The quantitative estimate of drug-likeness (QED) is 0.269. The van der Waals surface area contributed by atoms with E-state index in [9.17, 15) is 56.3 Å². The highest BCUT2D eigenvalue weighted by atomic mass is 35.5. The van der Waals surface area contributed by atoms with Crippen LogP contribution in [0.5, 0.6) is 0 Å². The van der Waals surface area contributed by atoms with Crippen LogP contribution in [0.1, 0.15) is 141 Å². The van der Waals surface area contributed by atoms with E-state index in [2.05, 4.69) is 21.3 Å². The van der Waals surface area contributed by atoms with Crippen molar-refractivity contribution in [2.75, 3.05) is 61.4 Å². The van der Waals surface area contributed by atoms with Crippen LogP contribution < -0.4 is 21.3 Å². The van der Waals surface area contributed by atoms with Crippen LogP contribution >= 0.6 is 23.2 Å². The number of rotatable bonds is 8. The van der Waals surface area contributed by atoms with Gasteiger partial charge in [-0.1, -0.05) is 93.4 Å². The number of nitrogens with zero attached hydrogens (tertiary/aromatic N) is 7. The number of alkyl halides is 3. The third kappa shape index (κ3) is 17.0. The summed E-state index contributed by atoms with van der Waals surface area (Å²) >= 11 is 12.8. The van der Waals surface area contributed by atoms with Crippen molar-refractivity contribution in [3.8, 4) is 0 Å². The highest BCUT2D eigenvalue weighted by Gasteiger charge is 2.51. The first-order chi connectivity index (χ1) is 43.4. The minimum absolute atomic E-state index is 0.0444. The zero-order valence-electron chi connectivity index (χ0n) is 54.2. The fourth-order valence-electron chi connectivity index (χ4n) is 13.7. The van der Waals surface area contributed by atoms with E-state index >= 15 is 9.59 Å². The van der Waals surface area contributed by atoms with E-state index in [1.54, 1.807) is 38.1 Å². The van der Waals surface area contributed by atoms with Crippen molar-refractivity contribution in [1.29, 1.82) is 0 Å². The third-order valence-electron chi connectivity index (χ3n) is 19.4. The number of halogens is 5. The van der Waals surface area contributed by atoms with Crippen molar-refractivity contribution in [1.82, 2.24) is 55.6 Å². The number of hydrogen-bond donors (Lipinski definition) is 4. The molecule has 2 aliphatic carbocycles. The standard InChI is InChI=1S/C65H90Cl2F3N11O11/c1-10-38(2)54-62(91)76(6)37-53(84)80-31-18-24-49(80)61(90)78(8)50(35-43-21-13-14-22-45(43)66)60(89)75(5)36-51(82)72-47(28-26-41-25-27-44(46(67)34-41)65(68,69)70)59(88)81-32-17-23-48(81)57(86)74-64(29-15-16-30-64)63(92)79(9)55(42-19-11-12-20-42)58(87)71-39(3)33-52(83)77(7)40(4)56(85)73-54/h13-14,21-22,25,27,34,38-40,42,47-50,54-55H,10-12,15-20,23-24,26,28-33,35-37H2,1-9H3,(H,71,87)(H,72,82)(H,73,85)(H,74,86)/t38-,39+,40-,47-,48-,49-,50-,54-,55-/m0/s1. The normalized spacial score (nSPS) is 27.1. The van der Waals surface area contributed by atoms with Crippen molar-refractivity contribution < 1.29 is 65.9 Å². The number of likely N-dealkylation sites (N-methyl/N-ethyl adjacent to an activating group) is 5. The molecule has 5 aliphatic rings. The molecule has 0 aromatic heterocycles. The van der Waals surface area contributed by atoms with Gasteiger partial charge in [0.1, 0.15) is 47.8 Å². The maximum Gasteiger partial charge on any atom is 0.417 e.